The van der Waals surface area contributed by atoms with Gasteiger partial charge in [0.1, 0.15) is 42.0 Å². The second-order valence-electron chi connectivity index (χ2n) is 8.40. The Hall–Kier alpha value is -3.19. The van der Waals surface area contributed by atoms with Gasteiger partial charge in [-0.05, 0) is 32.3 Å². The fourth-order valence-electron chi connectivity index (χ4n) is 4.09. The lowest BCUT2D eigenvalue weighted by molar-refractivity contribution is -0.271. The number of benzene rings is 1. The second kappa shape index (κ2) is 10.6. The number of carbonyl (C=O) groups is 3. The van der Waals surface area contributed by atoms with Gasteiger partial charge in [0.15, 0.2) is 6.10 Å². The van der Waals surface area contributed by atoms with Gasteiger partial charge in [-0.15, -0.1) is 0 Å². The molecule has 5 N–H and O–H groups in total. The van der Waals surface area contributed by atoms with Crippen LogP contribution in [0.1, 0.15) is 46.8 Å². The van der Waals surface area contributed by atoms with Gasteiger partial charge >= 0.3 is 17.9 Å². The highest BCUT2D eigenvalue weighted by Gasteiger charge is 2.49. The maximum atomic E-state index is 12.6. The molecule has 0 saturated carbocycles. The zero-order valence-corrected chi connectivity index (χ0v) is 19.4. The van der Waals surface area contributed by atoms with Gasteiger partial charge in [-0.2, -0.15) is 0 Å². The predicted molar refractivity (Wildman–Crippen MR) is 116 cm³/mol. The molecule has 0 aliphatic carbocycles. The van der Waals surface area contributed by atoms with Crippen molar-refractivity contribution >= 4 is 17.9 Å². The predicted octanol–water partition coefficient (Wildman–Crippen LogP) is 0.299. The third-order valence-electron chi connectivity index (χ3n) is 6.06. The Morgan fingerprint density at radius 3 is 2.37 bits per heavy atom. The van der Waals surface area contributed by atoms with Crippen molar-refractivity contribution in [1.29, 1.82) is 0 Å². The number of carboxylic acid groups (broad SMARTS) is 2. The van der Waals surface area contributed by atoms with Crippen LogP contribution in [0.4, 0.5) is 0 Å². The molecule has 2 aliphatic rings. The van der Waals surface area contributed by atoms with Crippen LogP contribution in [-0.2, 0) is 32.1 Å². The maximum Gasteiger partial charge on any atom is 0.342 e. The largest absolute Gasteiger partial charge is 0.496 e. The minimum atomic E-state index is -1.91. The van der Waals surface area contributed by atoms with Crippen LogP contribution in [0, 0.1) is 6.92 Å². The number of hydrogen-bond donors (Lipinski definition) is 5. The van der Waals surface area contributed by atoms with E-state index in [0.717, 1.165) is 5.57 Å². The number of esters is 1. The van der Waals surface area contributed by atoms with E-state index in [1.54, 1.807) is 19.9 Å². The summed E-state index contributed by atoms with van der Waals surface area (Å²) in [6.45, 7) is 3.40. The first-order chi connectivity index (χ1) is 16.5. The van der Waals surface area contributed by atoms with E-state index in [2.05, 4.69) is 0 Å². The Kier molecular flexibility index (Phi) is 8.00. The summed E-state index contributed by atoms with van der Waals surface area (Å²) in [6.07, 6.45) is -7.23. The number of ether oxygens (including phenoxy) is 4. The summed E-state index contributed by atoms with van der Waals surface area (Å²) < 4.78 is 21.8. The van der Waals surface area contributed by atoms with Gasteiger partial charge in [0.25, 0.3) is 0 Å². The number of hydrogen-bond acceptors (Lipinski definition) is 10. The number of fused-ring (bicyclic) bond motifs is 1. The number of aliphatic carboxylic acids is 2. The van der Waals surface area contributed by atoms with Crippen LogP contribution in [0.2, 0.25) is 0 Å². The van der Waals surface area contributed by atoms with Gasteiger partial charge < -0.3 is 44.5 Å². The highest BCUT2D eigenvalue weighted by Crippen LogP contribution is 2.44. The van der Waals surface area contributed by atoms with Crippen LogP contribution in [0.15, 0.2) is 11.6 Å². The van der Waals surface area contributed by atoms with E-state index in [-0.39, 0.29) is 37.2 Å². The summed E-state index contributed by atoms with van der Waals surface area (Å²) in [6, 6.07) is 0. The summed E-state index contributed by atoms with van der Waals surface area (Å²) in [5.74, 6) is -2.99. The molecule has 1 aromatic carbocycles. The molecule has 1 aromatic rings. The van der Waals surface area contributed by atoms with Gasteiger partial charge in [-0.3, -0.25) is 4.79 Å². The van der Waals surface area contributed by atoms with E-state index in [0.29, 0.717) is 22.4 Å². The molecule has 2 unspecified atom stereocenters. The van der Waals surface area contributed by atoms with Gasteiger partial charge in [0.2, 0.25) is 6.29 Å². The zero-order chi connectivity index (χ0) is 26.0. The Morgan fingerprint density at radius 1 is 1.09 bits per heavy atom. The molecule has 0 spiro atoms. The third kappa shape index (κ3) is 5.25. The molecule has 0 amide bonds. The molecule has 0 bridgehead atoms. The number of carboxylic acids is 2. The van der Waals surface area contributed by atoms with Crippen molar-refractivity contribution in [3.05, 3.63) is 33.9 Å². The lowest BCUT2D eigenvalue weighted by Gasteiger charge is -2.39. The topological polar surface area (TPSA) is 189 Å². The molecule has 0 aromatic heterocycles. The summed E-state index contributed by atoms with van der Waals surface area (Å²) in [7, 11) is 1.41. The minimum Gasteiger partial charge on any atom is -0.496 e. The van der Waals surface area contributed by atoms with E-state index in [1.807, 2.05) is 0 Å². The first-order valence-corrected chi connectivity index (χ1v) is 10.8. The molecule has 0 radical (unpaired) electrons. The van der Waals surface area contributed by atoms with E-state index < -0.39 is 48.6 Å². The number of aliphatic hydroxyl groups is 3. The van der Waals surface area contributed by atoms with Crippen molar-refractivity contribution in [2.24, 2.45) is 0 Å². The average molecular weight is 496 g/mol. The summed E-state index contributed by atoms with van der Waals surface area (Å²) in [5.41, 5.74) is 2.22. The quantitative estimate of drug-likeness (QED) is 0.233. The normalized spacial score (nSPS) is 26.2. The summed E-state index contributed by atoms with van der Waals surface area (Å²) in [4.78, 5) is 35.0. The number of carbonyl (C=O) groups excluding carboxylic acids is 1. The fraction of sp³-hybridized carbons (Fsp3) is 0.522. The van der Waals surface area contributed by atoms with Crippen molar-refractivity contribution < 1.29 is 58.9 Å². The van der Waals surface area contributed by atoms with Crippen LogP contribution in [0.5, 0.6) is 11.5 Å². The fourth-order valence-corrected chi connectivity index (χ4v) is 4.09. The molecular formula is C23H28O12. The van der Waals surface area contributed by atoms with Crippen molar-refractivity contribution in [3.8, 4) is 11.5 Å². The van der Waals surface area contributed by atoms with Crippen molar-refractivity contribution in [2.45, 2.75) is 70.4 Å². The summed E-state index contributed by atoms with van der Waals surface area (Å²) in [5, 5.41) is 48.8. The Labute approximate surface area is 200 Å². The Balaban J connectivity index is 2.07. The van der Waals surface area contributed by atoms with Crippen molar-refractivity contribution in [2.75, 3.05) is 7.11 Å². The van der Waals surface area contributed by atoms with E-state index in [9.17, 15) is 34.8 Å². The van der Waals surface area contributed by atoms with Crippen molar-refractivity contribution in [3.63, 3.8) is 0 Å². The van der Waals surface area contributed by atoms with Crippen molar-refractivity contribution in [1.82, 2.24) is 0 Å². The lowest BCUT2D eigenvalue weighted by Crippen LogP contribution is -2.61. The third-order valence-corrected chi connectivity index (χ3v) is 6.06. The van der Waals surface area contributed by atoms with Gasteiger partial charge in [-0.1, -0.05) is 11.6 Å². The molecule has 12 nitrogen and oxygen atoms in total. The number of aliphatic hydroxyl groups excluding tert-OH is 3. The molecule has 3 rings (SSSR count). The van der Waals surface area contributed by atoms with Crippen LogP contribution < -0.4 is 9.47 Å². The van der Waals surface area contributed by atoms with Gasteiger partial charge in [0.05, 0.1) is 7.11 Å². The second-order valence-corrected chi connectivity index (χ2v) is 8.40. The molecule has 2 aliphatic heterocycles. The molecule has 12 heteroatoms. The van der Waals surface area contributed by atoms with Crippen LogP contribution in [0.25, 0.3) is 0 Å². The smallest absolute Gasteiger partial charge is 0.342 e. The molecule has 35 heavy (non-hydrogen) atoms. The van der Waals surface area contributed by atoms with Crippen LogP contribution >= 0.6 is 0 Å². The van der Waals surface area contributed by atoms with E-state index in [1.165, 1.54) is 7.11 Å². The maximum absolute atomic E-state index is 12.6. The molecule has 5 atom stereocenters. The minimum absolute atomic E-state index is 0.0400. The SMILES string of the molecule is COc1c(C)c2c(c(O[C@@H]3OC(C(=O)O)[C@@H](O)C(O)[C@H]3O)c1CC=C(C)CCC(=O)O)C(=O)OC2. The highest BCUT2D eigenvalue weighted by atomic mass is 16.7. The Bertz CT molecular complexity index is 1050. The zero-order valence-electron chi connectivity index (χ0n) is 19.4. The molecular weight excluding hydrogens is 468 g/mol. The average Bonchev–Trinajstić information content (AvgIpc) is 3.19. The van der Waals surface area contributed by atoms with Crippen LogP contribution in [0.3, 0.4) is 0 Å². The molecule has 1 fully saturated rings. The van der Waals surface area contributed by atoms with E-state index in [4.69, 9.17) is 24.1 Å². The number of cyclic esters (lactones) is 1. The number of allylic oxidation sites excluding steroid dienone is 2. The summed E-state index contributed by atoms with van der Waals surface area (Å²) >= 11 is 0. The Morgan fingerprint density at radius 2 is 1.77 bits per heavy atom. The number of rotatable bonds is 9. The van der Waals surface area contributed by atoms with Gasteiger partial charge in [0, 0.05) is 17.5 Å². The lowest BCUT2D eigenvalue weighted by atomic mass is 9.94. The molecule has 1 saturated heterocycles. The monoisotopic (exact) mass is 496 g/mol. The molecule has 192 valence electrons. The van der Waals surface area contributed by atoms with E-state index >= 15 is 0 Å². The first kappa shape index (κ1) is 26.4. The highest BCUT2D eigenvalue weighted by molar-refractivity contribution is 5.98. The first-order valence-electron chi connectivity index (χ1n) is 10.8. The standard InChI is InChI=1S/C23H28O12/c1-9(5-7-13(24)25)4-6-11-18(32-3)10(2)12-8-33-22(31)14(12)19(11)34-23-17(28)15(26)16(27)20(35-23)21(29)30/h4,15-17,20,23,26-28H,5-8H2,1-3H3,(H,24,25)(H,29,30)/t15?,16-,17+,20?,23+/m0/s1. The number of methoxy groups -OCH3 is 1. The van der Waals surface area contributed by atoms with Gasteiger partial charge in [-0.25, -0.2) is 9.59 Å². The molecule has 2 heterocycles. The van der Waals surface area contributed by atoms with Crippen LogP contribution in [-0.4, -0.2) is 81.3 Å².